The molecule has 5 nitrogen and oxygen atoms in total. The van der Waals surface area contributed by atoms with E-state index in [-0.39, 0.29) is 5.91 Å². The summed E-state index contributed by atoms with van der Waals surface area (Å²) in [5, 5.41) is 6.36. The van der Waals surface area contributed by atoms with Crippen molar-refractivity contribution in [3.05, 3.63) is 99.9 Å². The van der Waals surface area contributed by atoms with Crippen molar-refractivity contribution >= 4 is 46.2 Å². The summed E-state index contributed by atoms with van der Waals surface area (Å²) in [6.45, 7) is 0.590. The Morgan fingerprint density at radius 2 is 2.00 bits per heavy atom. The summed E-state index contributed by atoms with van der Waals surface area (Å²) < 4.78 is 2.09. The molecule has 0 aliphatic rings. The molecule has 0 saturated heterocycles. The monoisotopic (exact) mass is 422 g/mol. The van der Waals surface area contributed by atoms with Crippen LogP contribution in [-0.2, 0) is 6.54 Å². The minimum absolute atomic E-state index is 0.314. The molecule has 0 saturated carbocycles. The second kappa shape index (κ2) is 8.47. The molecular weight excluding hydrogens is 407 g/mol. The Labute approximate surface area is 177 Å². The SMILES string of the molecule is O=C(N/N=C\c1cn(Cc2ccc(Cl)cc2Cl)c2ccccc12)c1cccnc1. The third-order valence-electron chi connectivity index (χ3n) is 4.47. The molecule has 0 fully saturated rings. The standard InChI is InChI=1S/C22H16Cl2N4O/c23-18-8-7-16(20(24)10-18)13-28-14-17(19-5-1-2-6-21(19)28)12-26-27-22(29)15-4-3-9-25-11-15/h1-12,14H,13H2,(H,27,29)/b26-12-. The second-order valence-corrected chi connectivity index (χ2v) is 7.25. The molecule has 0 spiro atoms. The zero-order chi connectivity index (χ0) is 20.2. The van der Waals surface area contributed by atoms with Gasteiger partial charge in [0.05, 0.1) is 11.8 Å². The molecule has 2 heterocycles. The lowest BCUT2D eigenvalue weighted by Gasteiger charge is -2.08. The van der Waals surface area contributed by atoms with Gasteiger partial charge in [0.15, 0.2) is 0 Å². The van der Waals surface area contributed by atoms with E-state index in [0.717, 1.165) is 22.0 Å². The van der Waals surface area contributed by atoms with E-state index < -0.39 is 0 Å². The van der Waals surface area contributed by atoms with Crippen LogP contribution in [0.25, 0.3) is 10.9 Å². The number of amides is 1. The first-order valence-corrected chi connectivity index (χ1v) is 9.62. The lowest BCUT2D eigenvalue weighted by Crippen LogP contribution is -2.17. The van der Waals surface area contributed by atoms with Gasteiger partial charge in [0.1, 0.15) is 0 Å². The number of nitrogens with zero attached hydrogens (tertiary/aromatic N) is 3. The molecule has 7 heteroatoms. The van der Waals surface area contributed by atoms with Gasteiger partial charge in [-0.05, 0) is 35.9 Å². The molecule has 0 bridgehead atoms. The molecule has 144 valence electrons. The summed E-state index contributed by atoms with van der Waals surface area (Å²) in [7, 11) is 0. The van der Waals surface area contributed by atoms with Crippen molar-refractivity contribution in [1.29, 1.82) is 0 Å². The maximum atomic E-state index is 12.1. The van der Waals surface area contributed by atoms with Crippen LogP contribution in [0.2, 0.25) is 10.0 Å². The number of hydrazone groups is 1. The van der Waals surface area contributed by atoms with Gasteiger partial charge in [0.2, 0.25) is 0 Å². The Kier molecular flexibility index (Phi) is 5.60. The van der Waals surface area contributed by atoms with Crippen molar-refractivity contribution in [2.45, 2.75) is 6.54 Å². The summed E-state index contributed by atoms with van der Waals surface area (Å²) in [5.41, 5.74) is 5.87. The molecule has 0 aliphatic carbocycles. The molecule has 1 N–H and O–H groups in total. The number of carbonyl (C=O) groups excluding carboxylic acids is 1. The van der Waals surface area contributed by atoms with Gasteiger partial charge in [-0.2, -0.15) is 5.10 Å². The van der Waals surface area contributed by atoms with E-state index in [2.05, 4.69) is 20.1 Å². The average molecular weight is 423 g/mol. The summed E-state index contributed by atoms with van der Waals surface area (Å²) in [5.74, 6) is -0.314. The maximum absolute atomic E-state index is 12.1. The second-order valence-electron chi connectivity index (χ2n) is 6.41. The van der Waals surface area contributed by atoms with Crippen LogP contribution in [0.4, 0.5) is 0 Å². The van der Waals surface area contributed by atoms with E-state index in [1.165, 1.54) is 6.20 Å². The topological polar surface area (TPSA) is 59.3 Å². The largest absolute Gasteiger partial charge is 0.342 e. The number of fused-ring (bicyclic) bond motifs is 1. The Bertz CT molecular complexity index is 1200. The van der Waals surface area contributed by atoms with Crippen LogP contribution >= 0.6 is 23.2 Å². The third-order valence-corrected chi connectivity index (χ3v) is 5.06. The van der Waals surface area contributed by atoms with Gasteiger partial charge in [-0.1, -0.05) is 47.5 Å². The van der Waals surface area contributed by atoms with Crippen LogP contribution in [0, 0.1) is 0 Å². The van der Waals surface area contributed by atoms with Gasteiger partial charge < -0.3 is 4.57 Å². The molecule has 1 amide bonds. The summed E-state index contributed by atoms with van der Waals surface area (Å²) in [4.78, 5) is 16.0. The quantitative estimate of drug-likeness (QED) is 0.356. The van der Waals surface area contributed by atoms with Crippen LogP contribution in [-0.4, -0.2) is 21.7 Å². The Balaban J connectivity index is 1.59. The predicted molar refractivity (Wildman–Crippen MR) is 117 cm³/mol. The van der Waals surface area contributed by atoms with Gasteiger partial charge in [-0.3, -0.25) is 9.78 Å². The Hall–Kier alpha value is -3.15. The Morgan fingerprint density at radius 1 is 1.14 bits per heavy atom. The van der Waals surface area contributed by atoms with E-state index >= 15 is 0 Å². The average Bonchev–Trinajstić information content (AvgIpc) is 3.08. The molecule has 4 rings (SSSR count). The van der Waals surface area contributed by atoms with Crippen LogP contribution in [0.3, 0.4) is 0 Å². The number of nitrogens with one attached hydrogen (secondary N) is 1. The molecule has 0 atom stereocenters. The fraction of sp³-hybridized carbons (Fsp3) is 0.0455. The van der Waals surface area contributed by atoms with E-state index in [1.54, 1.807) is 30.6 Å². The fourth-order valence-corrected chi connectivity index (χ4v) is 3.53. The lowest BCUT2D eigenvalue weighted by molar-refractivity contribution is 0.0955. The Morgan fingerprint density at radius 3 is 2.79 bits per heavy atom. The number of benzene rings is 2. The zero-order valence-corrected chi connectivity index (χ0v) is 16.7. The van der Waals surface area contributed by atoms with Crippen molar-refractivity contribution < 1.29 is 4.79 Å². The lowest BCUT2D eigenvalue weighted by atomic mass is 10.2. The first-order chi connectivity index (χ1) is 14.1. The highest BCUT2D eigenvalue weighted by Crippen LogP contribution is 2.25. The van der Waals surface area contributed by atoms with Crippen LogP contribution in [0.15, 0.2) is 78.3 Å². The van der Waals surface area contributed by atoms with Crippen molar-refractivity contribution in [1.82, 2.24) is 15.0 Å². The highest BCUT2D eigenvalue weighted by atomic mass is 35.5. The molecule has 2 aromatic carbocycles. The predicted octanol–water partition coefficient (Wildman–Crippen LogP) is 5.16. The van der Waals surface area contributed by atoms with Crippen LogP contribution in [0.5, 0.6) is 0 Å². The molecule has 4 aromatic rings. The number of hydrogen-bond donors (Lipinski definition) is 1. The first kappa shape index (κ1) is 19.2. The van der Waals surface area contributed by atoms with Crippen LogP contribution in [0.1, 0.15) is 21.5 Å². The number of aromatic nitrogens is 2. The zero-order valence-electron chi connectivity index (χ0n) is 15.2. The third kappa shape index (κ3) is 4.31. The van der Waals surface area contributed by atoms with E-state index in [0.29, 0.717) is 22.2 Å². The minimum atomic E-state index is -0.314. The van der Waals surface area contributed by atoms with E-state index in [4.69, 9.17) is 23.2 Å². The van der Waals surface area contributed by atoms with Crippen molar-refractivity contribution in [3.63, 3.8) is 0 Å². The van der Waals surface area contributed by atoms with Gasteiger partial charge in [0, 0.05) is 51.6 Å². The normalized spacial score (nSPS) is 11.2. The first-order valence-electron chi connectivity index (χ1n) is 8.87. The van der Waals surface area contributed by atoms with Gasteiger partial charge in [-0.15, -0.1) is 0 Å². The highest BCUT2D eigenvalue weighted by molar-refractivity contribution is 6.35. The van der Waals surface area contributed by atoms with Crippen LogP contribution < -0.4 is 5.43 Å². The van der Waals surface area contributed by atoms with Crippen molar-refractivity contribution in [2.75, 3.05) is 0 Å². The molecule has 2 aromatic heterocycles. The number of pyridine rings is 1. The van der Waals surface area contributed by atoms with E-state index in [9.17, 15) is 4.79 Å². The number of hydrogen-bond acceptors (Lipinski definition) is 3. The van der Waals surface area contributed by atoms with E-state index in [1.807, 2.05) is 42.6 Å². The number of rotatable bonds is 5. The van der Waals surface area contributed by atoms with Crippen molar-refractivity contribution in [2.24, 2.45) is 5.10 Å². The summed E-state index contributed by atoms with van der Waals surface area (Å²) in [6.07, 6.45) is 6.72. The number of para-hydroxylation sites is 1. The smallest absolute Gasteiger partial charge is 0.272 e. The van der Waals surface area contributed by atoms with Gasteiger partial charge in [0.25, 0.3) is 5.91 Å². The molecule has 0 radical (unpaired) electrons. The summed E-state index contributed by atoms with van der Waals surface area (Å²) >= 11 is 12.3. The molecule has 29 heavy (non-hydrogen) atoms. The summed E-state index contributed by atoms with van der Waals surface area (Å²) in [6, 6.07) is 16.9. The number of carbonyl (C=O) groups is 1. The maximum Gasteiger partial charge on any atom is 0.272 e. The number of halogens is 2. The van der Waals surface area contributed by atoms with Gasteiger partial charge in [-0.25, -0.2) is 5.43 Å². The fourth-order valence-electron chi connectivity index (χ4n) is 3.06. The highest BCUT2D eigenvalue weighted by Gasteiger charge is 2.10. The molecule has 0 unspecified atom stereocenters. The minimum Gasteiger partial charge on any atom is -0.342 e. The molecular formula is C22H16Cl2N4O. The molecule has 0 aliphatic heterocycles. The van der Waals surface area contributed by atoms with Gasteiger partial charge >= 0.3 is 0 Å². The van der Waals surface area contributed by atoms with Crippen molar-refractivity contribution in [3.8, 4) is 0 Å².